The lowest BCUT2D eigenvalue weighted by molar-refractivity contribution is -0.120. The molecule has 0 aliphatic carbocycles. The lowest BCUT2D eigenvalue weighted by Crippen LogP contribution is -2.41. The summed E-state index contributed by atoms with van der Waals surface area (Å²) in [6.45, 7) is 3.54. The van der Waals surface area contributed by atoms with Gasteiger partial charge in [-0.25, -0.2) is 8.42 Å². The van der Waals surface area contributed by atoms with Crippen molar-refractivity contribution in [3.8, 4) is 5.75 Å². The Balaban J connectivity index is 2.19. The second-order valence-electron chi connectivity index (χ2n) is 6.50. The van der Waals surface area contributed by atoms with Crippen LogP contribution < -0.4 is 14.4 Å². The molecule has 0 aromatic heterocycles. The van der Waals surface area contributed by atoms with Crippen LogP contribution in [-0.4, -0.2) is 34.2 Å². The summed E-state index contributed by atoms with van der Waals surface area (Å²) in [6.07, 6.45) is 1.77. The first-order chi connectivity index (χ1) is 13.2. The van der Waals surface area contributed by atoms with E-state index in [9.17, 15) is 13.2 Å². The summed E-state index contributed by atoms with van der Waals surface area (Å²) in [4.78, 5) is 12.6. The number of sulfonamides is 1. The van der Waals surface area contributed by atoms with E-state index >= 15 is 0 Å². The van der Waals surface area contributed by atoms with Crippen LogP contribution >= 0.6 is 15.9 Å². The Morgan fingerprint density at radius 1 is 1.21 bits per heavy atom. The molecule has 2 aromatic carbocycles. The number of carbonyl (C=O) groups is 1. The fourth-order valence-electron chi connectivity index (χ4n) is 2.81. The van der Waals surface area contributed by atoms with Gasteiger partial charge in [0, 0.05) is 4.47 Å². The fraction of sp³-hybridized carbons (Fsp3) is 0.350. The predicted molar refractivity (Wildman–Crippen MR) is 115 cm³/mol. The number of carbonyl (C=O) groups excluding carboxylic acids is 1. The predicted octanol–water partition coefficient (Wildman–Crippen LogP) is 3.80. The van der Waals surface area contributed by atoms with Gasteiger partial charge in [-0.05, 0) is 54.8 Å². The van der Waals surface area contributed by atoms with E-state index in [2.05, 4.69) is 21.2 Å². The third-order valence-electron chi connectivity index (χ3n) is 4.38. The van der Waals surface area contributed by atoms with Crippen LogP contribution in [0.1, 0.15) is 30.5 Å². The largest absolute Gasteiger partial charge is 0.497 e. The molecule has 1 unspecified atom stereocenters. The first-order valence-corrected chi connectivity index (χ1v) is 11.5. The van der Waals surface area contributed by atoms with Crippen molar-refractivity contribution < 1.29 is 17.9 Å². The van der Waals surface area contributed by atoms with E-state index in [0.29, 0.717) is 12.1 Å². The normalized spacial score (nSPS) is 12.3. The van der Waals surface area contributed by atoms with Gasteiger partial charge in [0.05, 0.1) is 25.1 Å². The van der Waals surface area contributed by atoms with Crippen molar-refractivity contribution in [1.29, 1.82) is 0 Å². The smallest absolute Gasteiger partial charge is 0.241 e. The van der Waals surface area contributed by atoms with Gasteiger partial charge in [0.1, 0.15) is 12.3 Å². The standard InChI is InChI=1S/C20H25BrN2O4S/c1-5-19(15-6-9-17(27-3)10-7-15)22-20(24)13-23(28(4,25)26)16-8-11-18(21)14(2)12-16/h6-12,19H,5,13H2,1-4H3,(H,22,24). The molecule has 0 fully saturated rings. The third-order valence-corrected chi connectivity index (χ3v) is 6.41. The SMILES string of the molecule is CCC(NC(=O)CN(c1ccc(Br)c(C)c1)S(C)(=O)=O)c1ccc(OC)cc1. The topological polar surface area (TPSA) is 75.7 Å². The van der Waals surface area contributed by atoms with Crippen LogP contribution in [0.2, 0.25) is 0 Å². The molecule has 8 heteroatoms. The van der Waals surface area contributed by atoms with Crippen molar-refractivity contribution in [3.05, 3.63) is 58.1 Å². The van der Waals surface area contributed by atoms with Gasteiger partial charge in [-0.3, -0.25) is 9.10 Å². The third kappa shape index (κ3) is 5.72. The minimum absolute atomic E-state index is 0.216. The highest BCUT2D eigenvalue weighted by Gasteiger charge is 2.23. The number of nitrogens with zero attached hydrogens (tertiary/aromatic N) is 1. The summed E-state index contributed by atoms with van der Waals surface area (Å²) in [7, 11) is -2.02. The average molecular weight is 469 g/mol. The van der Waals surface area contributed by atoms with Gasteiger partial charge in [-0.1, -0.05) is 35.0 Å². The number of rotatable bonds is 8. The van der Waals surface area contributed by atoms with E-state index in [1.54, 1.807) is 25.3 Å². The second-order valence-corrected chi connectivity index (χ2v) is 9.27. The molecule has 0 aliphatic rings. The highest BCUT2D eigenvalue weighted by molar-refractivity contribution is 9.10. The molecule has 0 heterocycles. The second kappa shape index (κ2) is 9.43. The Morgan fingerprint density at radius 3 is 2.36 bits per heavy atom. The van der Waals surface area contributed by atoms with Crippen molar-refractivity contribution in [3.63, 3.8) is 0 Å². The number of benzene rings is 2. The molecule has 2 rings (SSSR count). The molecule has 0 saturated carbocycles. The Labute approximate surface area is 175 Å². The lowest BCUT2D eigenvalue weighted by atomic mass is 10.0. The van der Waals surface area contributed by atoms with Gasteiger partial charge in [0.25, 0.3) is 0 Å². The Bertz CT molecular complexity index is 930. The zero-order valence-electron chi connectivity index (χ0n) is 16.4. The van der Waals surface area contributed by atoms with Gasteiger partial charge < -0.3 is 10.1 Å². The lowest BCUT2D eigenvalue weighted by Gasteiger charge is -2.24. The molecule has 1 amide bonds. The molecule has 1 atom stereocenters. The number of anilines is 1. The molecular weight excluding hydrogens is 444 g/mol. The van der Waals surface area contributed by atoms with E-state index in [1.807, 2.05) is 38.1 Å². The van der Waals surface area contributed by atoms with Gasteiger partial charge in [0.15, 0.2) is 0 Å². The summed E-state index contributed by atoms with van der Waals surface area (Å²) >= 11 is 3.40. The number of hydrogen-bond acceptors (Lipinski definition) is 4. The van der Waals surface area contributed by atoms with Crippen LogP contribution in [0.25, 0.3) is 0 Å². The number of methoxy groups -OCH3 is 1. The number of amides is 1. The van der Waals surface area contributed by atoms with E-state index in [4.69, 9.17) is 4.74 Å². The van der Waals surface area contributed by atoms with Crippen LogP contribution in [0.3, 0.4) is 0 Å². The van der Waals surface area contributed by atoms with Gasteiger partial charge in [-0.2, -0.15) is 0 Å². The highest BCUT2D eigenvalue weighted by Crippen LogP contribution is 2.25. The zero-order valence-corrected chi connectivity index (χ0v) is 18.8. The molecular formula is C20H25BrN2O4S. The maximum Gasteiger partial charge on any atom is 0.241 e. The molecule has 0 spiro atoms. The van der Waals surface area contributed by atoms with Gasteiger partial charge >= 0.3 is 0 Å². The Morgan fingerprint density at radius 2 is 1.86 bits per heavy atom. The van der Waals surface area contributed by atoms with Crippen LogP contribution in [0, 0.1) is 6.92 Å². The first-order valence-electron chi connectivity index (χ1n) is 8.83. The van der Waals surface area contributed by atoms with Crippen molar-refractivity contribution in [2.45, 2.75) is 26.3 Å². The summed E-state index contributed by atoms with van der Waals surface area (Å²) in [5.41, 5.74) is 2.27. The number of hydrogen-bond donors (Lipinski definition) is 1. The summed E-state index contributed by atoms with van der Waals surface area (Å²) in [5.74, 6) is 0.368. The molecule has 0 bridgehead atoms. The van der Waals surface area contributed by atoms with Gasteiger partial charge in [0.2, 0.25) is 15.9 Å². The average Bonchev–Trinajstić information content (AvgIpc) is 2.65. The van der Waals surface area contributed by atoms with E-state index < -0.39 is 10.0 Å². The summed E-state index contributed by atoms with van der Waals surface area (Å²) < 4.78 is 31.7. The van der Waals surface area contributed by atoms with E-state index in [0.717, 1.165) is 31.9 Å². The molecule has 0 radical (unpaired) electrons. The number of ether oxygens (including phenoxy) is 1. The van der Waals surface area contributed by atoms with Crippen LogP contribution in [-0.2, 0) is 14.8 Å². The Hall–Kier alpha value is -2.06. The van der Waals surface area contributed by atoms with Crippen molar-refractivity contribution in [1.82, 2.24) is 5.32 Å². The van der Waals surface area contributed by atoms with Crippen LogP contribution in [0.4, 0.5) is 5.69 Å². The maximum atomic E-state index is 12.6. The number of halogens is 1. The van der Waals surface area contributed by atoms with E-state index in [1.165, 1.54) is 0 Å². The summed E-state index contributed by atoms with van der Waals surface area (Å²) in [5, 5.41) is 2.92. The van der Waals surface area contributed by atoms with Crippen molar-refractivity contribution in [2.24, 2.45) is 0 Å². The number of nitrogens with one attached hydrogen (secondary N) is 1. The van der Waals surface area contributed by atoms with Crippen LogP contribution in [0.15, 0.2) is 46.9 Å². The zero-order chi connectivity index (χ0) is 20.9. The molecule has 152 valence electrons. The highest BCUT2D eigenvalue weighted by atomic mass is 79.9. The molecule has 0 aliphatic heterocycles. The number of aryl methyl sites for hydroxylation is 1. The monoisotopic (exact) mass is 468 g/mol. The summed E-state index contributed by atoms with van der Waals surface area (Å²) in [6, 6.07) is 12.4. The van der Waals surface area contributed by atoms with E-state index in [-0.39, 0.29) is 18.5 Å². The molecule has 28 heavy (non-hydrogen) atoms. The fourth-order valence-corrected chi connectivity index (χ4v) is 3.91. The first kappa shape index (κ1) is 22.2. The van der Waals surface area contributed by atoms with Crippen LogP contribution in [0.5, 0.6) is 5.75 Å². The quantitative estimate of drug-likeness (QED) is 0.638. The minimum atomic E-state index is -3.62. The molecule has 0 saturated heterocycles. The maximum absolute atomic E-state index is 12.6. The van der Waals surface area contributed by atoms with Gasteiger partial charge in [-0.15, -0.1) is 0 Å². The molecule has 1 N–H and O–H groups in total. The molecule has 6 nitrogen and oxygen atoms in total. The minimum Gasteiger partial charge on any atom is -0.497 e. The van der Waals surface area contributed by atoms with Crippen molar-refractivity contribution >= 4 is 37.5 Å². The molecule has 2 aromatic rings. The van der Waals surface area contributed by atoms with Crippen molar-refractivity contribution in [2.75, 3.05) is 24.2 Å². The Kier molecular flexibility index (Phi) is 7.48.